The Morgan fingerprint density at radius 1 is 0.725 bits per heavy atom. The van der Waals surface area contributed by atoms with E-state index in [0.29, 0.717) is 42.1 Å². The number of aryl methyl sites for hydroxylation is 2. The van der Waals surface area contributed by atoms with Gasteiger partial charge in [-0.3, -0.25) is 0 Å². The molecular formula is C35H40F4O. The minimum atomic E-state index is -0.980. The van der Waals surface area contributed by atoms with Gasteiger partial charge in [0.2, 0.25) is 5.82 Å². The monoisotopic (exact) mass is 552 g/mol. The Balaban J connectivity index is 1.34. The number of benzene rings is 3. The normalized spacial score (nSPS) is 15.2. The molecule has 0 aliphatic heterocycles. The first-order valence-corrected chi connectivity index (χ1v) is 14.7. The van der Waals surface area contributed by atoms with Gasteiger partial charge in [-0.25, -0.2) is 13.2 Å². The maximum Gasteiger partial charge on any atom is 0.201 e. The minimum absolute atomic E-state index is 0.0685. The molecule has 1 nitrogen and oxygen atoms in total. The molecule has 40 heavy (non-hydrogen) atoms. The molecule has 0 radical (unpaired) electrons. The summed E-state index contributed by atoms with van der Waals surface area (Å²) >= 11 is 0. The van der Waals surface area contributed by atoms with Gasteiger partial charge >= 0.3 is 0 Å². The molecule has 3 aromatic carbocycles. The fraction of sp³-hybridized carbons (Fsp3) is 0.429. The predicted octanol–water partition coefficient (Wildman–Crippen LogP) is 10.6. The molecule has 5 heteroatoms. The summed E-state index contributed by atoms with van der Waals surface area (Å²) in [6.07, 6.45) is 12.0. The van der Waals surface area contributed by atoms with Gasteiger partial charge in [0.1, 0.15) is 0 Å². The molecule has 1 unspecified atom stereocenters. The first-order chi connectivity index (χ1) is 19.4. The van der Waals surface area contributed by atoms with Gasteiger partial charge in [-0.05, 0) is 78.8 Å². The van der Waals surface area contributed by atoms with Gasteiger partial charge in [-0.1, -0.05) is 88.4 Å². The highest BCUT2D eigenvalue weighted by molar-refractivity contribution is 5.67. The quantitative estimate of drug-likeness (QED) is 0.151. The number of ether oxygens (including phenoxy) is 1. The third kappa shape index (κ3) is 7.56. The van der Waals surface area contributed by atoms with Gasteiger partial charge < -0.3 is 4.74 Å². The molecule has 0 fully saturated rings. The van der Waals surface area contributed by atoms with Crippen molar-refractivity contribution in [2.24, 2.45) is 5.92 Å². The molecule has 3 aromatic rings. The topological polar surface area (TPSA) is 9.23 Å². The Labute approximate surface area is 236 Å². The van der Waals surface area contributed by atoms with Crippen molar-refractivity contribution in [1.82, 2.24) is 0 Å². The summed E-state index contributed by atoms with van der Waals surface area (Å²) in [4.78, 5) is 0. The van der Waals surface area contributed by atoms with Crippen molar-refractivity contribution < 1.29 is 22.3 Å². The zero-order valence-corrected chi connectivity index (χ0v) is 23.7. The fourth-order valence-corrected chi connectivity index (χ4v) is 5.30. The number of halogens is 4. The summed E-state index contributed by atoms with van der Waals surface area (Å²) < 4.78 is 64.8. The van der Waals surface area contributed by atoms with Crippen LogP contribution >= 0.6 is 0 Å². The van der Waals surface area contributed by atoms with Crippen LogP contribution in [0.4, 0.5) is 17.6 Å². The molecule has 4 rings (SSSR count). The van der Waals surface area contributed by atoms with E-state index in [9.17, 15) is 17.6 Å². The highest BCUT2D eigenvalue weighted by atomic mass is 19.2. The van der Waals surface area contributed by atoms with E-state index >= 15 is 0 Å². The van der Waals surface area contributed by atoms with Crippen LogP contribution in [-0.2, 0) is 12.8 Å². The molecule has 1 atom stereocenters. The highest BCUT2D eigenvalue weighted by Gasteiger charge is 2.19. The van der Waals surface area contributed by atoms with Gasteiger partial charge in [0.15, 0.2) is 23.2 Å². The van der Waals surface area contributed by atoms with E-state index in [4.69, 9.17) is 4.74 Å². The fourth-order valence-electron chi connectivity index (χ4n) is 5.30. The molecule has 1 aliphatic rings. The zero-order valence-electron chi connectivity index (χ0n) is 23.7. The summed E-state index contributed by atoms with van der Waals surface area (Å²) in [5.74, 6) is -2.97. The summed E-state index contributed by atoms with van der Waals surface area (Å²) in [6, 6.07) is 13.4. The summed E-state index contributed by atoms with van der Waals surface area (Å²) in [6.45, 7) is 4.69. The molecule has 0 N–H and O–H groups in total. The van der Waals surface area contributed by atoms with Crippen molar-refractivity contribution in [3.05, 3.63) is 94.6 Å². The Bertz CT molecular complexity index is 1300. The van der Waals surface area contributed by atoms with Crippen LogP contribution in [0.1, 0.15) is 88.3 Å². The number of hydrogen-bond donors (Lipinski definition) is 0. The maximum atomic E-state index is 14.9. The first-order valence-electron chi connectivity index (χ1n) is 14.7. The van der Waals surface area contributed by atoms with Crippen LogP contribution in [0.15, 0.2) is 54.6 Å². The van der Waals surface area contributed by atoms with Crippen LogP contribution in [0.25, 0.3) is 16.7 Å². The van der Waals surface area contributed by atoms with E-state index in [1.54, 1.807) is 24.3 Å². The number of hydrogen-bond acceptors (Lipinski definition) is 1. The molecule has 214 valence electrons. The molecule has 0 spiro atoms. The Morgan fingerprint density at radius 2 is 1.43 bits per heavy atom. The van der Waals surface area contributed by atoms with Crippen LogP contribution in [-0.4, -0.2) is 6.61 Å². The lowest BCUT2D eigenvalue weighted by atomic mass is 9.87. The van der Waals surface area contributed by atoms with E-state index in [-0.39, 0.29) is 11.3 Å². The van der Waals surface area contributed by atoms with Crippen LogP contribution in [0.2, 0.25) is 0 Å². The van der Waals surface area contributed by atoms with Crippen molar-refractivity contribution in [3.8, 4) is 16.9 Å². The highest BCUT2D eigenvalue weighted by Crippen LogP contribution is 2.33. The molecule has 0 saturated heterocycles. The molecular weight excluding hydrogens is 512 g/mol. The van der Waals surface area contributed by atoms with Gasteiger partial charge in [0.25, 0.3) is 0 Å². The summed E-state index contributed by atoms with van der Waals surface area (Å²) in [5.41, 5.74) is 3.19. The Morgan fingerprint density at radius 3 is 2.15 bits per heavy atom. The minimum Gasteiger partial charge on any atom is -0.490 e. The second kappa shape index (κ2) is 14.5. The van der Waals surface area contributed by atoms with Gasteiger partial charge in [0, 0.05) is 11.1 Å². The van der Waals surface area contributed by atoms with Gasteiger partial charge in [-0.2, -0.15) is 4.39 Å². The van der Waals surface area contributed by atoms with Crippen LogP contribution < -0.4 is 4.74 Å². The van der Waals surface area contributed by atoms with Crippen molar-refractivity contribution >= 4 is 5.57 Å². The van der Waals surface area contributed by atoms with Crippen LogP contribution in [0, 0.1) is 29.2 Å². The molecule has 1 aliphatic carbocycles. The Hall–Kier alpha value is -3.08. The lowest BCUT2D eigenvalue weighted by molar-refractivity contribution is 0.285. The van der Waals surface area contributed by atoms with Crippen molar-refractivity contribution in [3.63, 3.8) is 0 Å². The number of rotatable bonds is 13. The van der Waals surface area contributed by atoms with Gasteiger partial charge in [0.05, 0.1) is 6.61 Å². The van der Waals surface area contributed by atoms with Crippen molar-refractivity contribution in [1.29, 1.82) is 0 Å². The second-order valence-electron chi connectivity index (χ2n) is 11.1. The number of unbranched alkanes of at least 4 members (excludes halogenated alkanes) is 5. The standard InChI is InChI=1S/C35H40F4O/c1-3-4-5-6-7-8-23-40-31-22-21-30(34(38)35(31)39)27-16-11-25(12-17-27)13-18-28-19-20-29(33(37)32(28)36)26-14-9-24(2)10-15-26/h11-12,14,16-17,19-22,24H,3-10,13,15,18,23H2,1-2H3. The summed E-state index contributed by atoms with van der Waals surface area (Å²) in [5, 5.41) is 0. The molecule has 0 amide bonds. The van der Waals surface area contributed by atoms with Gasteiger partial charge in [-0.15, -0.1) is 0 Å². The lowest BCUT2D eigenvalue weighted by Gasteiger charge is -2.19. The molecule has 0 aromatic heterocycles. The maximum absolute atomic E-state index is 14.9. The van der Waals surface area contributed by atoms with E-state index in [1.165, 1.54) is 31.4 Å². The lowest BCUT2D eigenvalue weighted by Crippen LogP contribution is -2.05. The largest absolute Gasteiger partial charge is 0.490 e. The smallest absolute Gasteiger partial charge is 0.201 e. The SMILES string of the molecule is CCCCCCCCOc1ccc(-c2ccc(CCc3ccc(C4=CCC(C)CC4)c(F)c3F)cc2)c(F)c1F. The average Bonchev–Trinajstić information content (AvgIpc) is 2.96. The molecule has 0 bridgehead atoms. The first kappa shape index (κ1) is 29.9. The van der Waals surface area contributed by atoms with E-state index < -0.39 is 23.3 Å². The summed E-state index contributed by atoms with van der Waals surface area (Å²) in [7, 11) is 0. The molecule has 0 saturated carbocycles. The second-order valence-corrected chi connectivity index (χ2v) is 11.1. The van der Waals surface area contributed by atoms with E-state index in [0.717, 1.165) is 49.7 Å². The third-order valence-corrected chi connectivity index (χ3v) is 7.93. The third-order valence-electron chi connectivity index (χ3n) is 7.93. The van der Waals surface area contributed by atoms with E-state index in [2.05, 4.69) is 13.8 Å². The van der Waals surface area contributed by atoms with Crippen molar-refractivity contribution in [2.45, 2.75) is 84.5 Å². The zero-order chi connectivity index (χ0) is 28.5. The van der Waals surface area contributed by atoms with Crippen LogP contribution in [0.5, 0.6) is 5.75 Å². The number of allylic oxidation sites excluding steroid dienone is 2. The van der Waals surface area contributed by atoms with Crippen LogP contribution in [0.3, 0.4) is 0 Å². The van der Waals surface area contributed by atoms with Crippen molar-refractivity contribution in [2.75, 3.05) is 6.61 Å². The predicted molar refractivity (Wildman–Crippen MR) is 155 cm³/mol. The molecule has 0 heterocycles. The average molecular weight is 553 g/mol. The Kier molecular flexibility index (Phi) is 10.9. The van der Waals surface area contributed by atoms with E-state index in [1.807, 2.05) is 18.2 Å².